The molecule has 31 atom stereocenters. The highest BCUT2D eigenvalue weighted by atomic mass is 16.8. The van der Waals surface area contributed by atoms with E-state index in [9.17, 15) is 35.4 Å². The highest BCUT2D eigenvalue weighted by molar-refractivity contribution is 5.89. The van der Waals surface area contributed by atoms with E-state index in [-0.39, 0.29) is 48.2 Å². The highest BCUT2D eigenvalue weighted by Gasteiger charge is 2.56. The second-order valence-electron chi connectivity index (χ2n) is 25.1. The van der Waals surface area contributed by atoms with Gasteiger partial charge in [-0.05, 0) is 91.0 Å². The van der Waals surface area contributed by atoms with Crippen LogP contribution in [0.15, 0.2) is 28.4 Å². The lowest BCUT2D eigenvalue weighted by molar-refractivity contribution is -0.359. The Balaban J connectivity index is 0.672. The molecule has 8 fully saturated rings. The summed E-state index contributed by atoms with van der Waals surface area (Å²) in [6, 6.07) is 1.93. The molecule has 31 unspecified atom stereocenters. The van der Waals surface area contributed by atoms with Gasteiger partial charge in [0.25, 0.3) is 0 Å². The first kappa shape index (κ1) is 64.8. The zero-order chi connectivity index (χ0) is 60.1. The van der Waals surface area contributed by atoms with E-state index >= 15 is 0 Å². The van der Waals surface area contributed by atoms with Crippen LogP contribution in [-0.4, -0.2) is 237 Å². The lowest BCUT2D eigenvalue weighted by Gasteiger charge is -2.54. The summed E-state index contributed by atoms with van der Waals surface area (Å²) < 4.78 is 106. The summed E-state index contributed by atoms with van der Waals surface area (Å²) in [5.41, 5.74) is 1.93. The SMILES string of the molecule is COC1CC(OC2C(C)OC(OC3CC4=CCC5C(=O)C(c6ccoc6C)CCC5C4(C)CC3O)CC2OC)OC(C)C1OC1CC(O)C(OC2CC(OC)C(OC3CC(OC)C(OC4OC(CO)C(O)C(O)C4O)C(C)O3)C(C)O2)C(C)O1. The normalized spacial score (nSPS) is 49.4. The average molecular weight is 1200 g/mol. The summed E-state index contributed by atoms with van der Waals surface area (Å²) in [6.45, 7) is 12.7. The molecule has 84 heavy (non-hydrogen) atoms. The maximum absolute atomic E-state index is 14.0. The molecule has 9 aliphatic rings. The number of aliphatic hydroxyl groups excluding tert-OH is 6. The Labute approximate surface area is 492 Å². The molecular weight excluding hydrogens is 1100 g/mol. The predicted molar refractivity (Wildman–Crippen MR) is 290 cm³/mol. The fourth-order valence-electron chi connectivity index (χ4n) is 15.2. The minimum absolute atomic E-state index is 0.0911. The van der Waals surface area contributed by atoms with Gasteiger partial charge in [0, 0.05) is 77.9 Å². The molecule has 0 aromatic carbocycles. The summed E-state index contributed by atoms with van der Waals surface area (Å²) in [7, 11) is 6.32. The van der Waals surface area contributed by atoms with Crippen molar-refractivity contribution in [3.8, 4) is 0 Å². The van der Waals surface area contributed by atoms with E-state index in [1.165, 1.54) is 12.7 Å². The first-order valence-corrected chi connectivity index (χ1v) is 30.4. The minimum Gasteiger partial charge on any atom is -0.469 e. The topological polar surface area (TPSA) is 299 Å². The van der Waals surface area contributed by atoms with Gasteiger partial charge in [0.15, 0.2) is 37.7 Å². The third-order valence-electron chi connectivity index (χ3n) is 19.9. The molecule has 6 saturated heterocycles. The molecule has 7 heterocycles. The maximum atomic E-state index is 14.0. The molecular formula is C60H94O24. The molecule has 3 aliphatic carbocycles. The molecule has 6 N–H and O–H groups in total. The number of aliphatic hydroxyl groups is 6. The molecule has 1 aromatic rings. The van der Waals surface area contributed by atoms with Crippen LogP contribution >= 0.6 is 0 Å². The molecule has 0 radical (unpaired) electrons. The van der Waals surface area contributed by atoms with Crippen LogP contribution in [0, 0.1) is 24.2 Å². The largest absolute Gasteiger partial charge is 0.469 e. The second-order valence-corrected chi connectivity index (χ2v) is 25.1. The van der Waals surface area contributed by atoms with Crippen molar-refractivity contribution in [2.24, 2.45) is 17.3 Å². The van der Waals surface area contributed by atoms with Gasteiger partial charge in [-0.15, -0.1) is 0 Å². The zero-order valence-corrected chi connectivity index (χ0v) is 50.4. The highest BCUT2D eigenvalue weighted by Crippen LogP contribution is 2.58. The van der Waals surface area contributed by atoms with Crippen molar-refractivity contribution in [1.82, 2.24) is 0 Å². The molecule has 0 spiro atoms. The van der Waals surface area contributed by atoms with Crippen LogP contribution in [-0.2, 0) is 80.6 Å². The number of hydrogen-bond donors (Lipinski definition) is 6. The van der Waals surface area contributed by atoms with E-state index in [0.717, 1.165) is 24.2 Å². The van der Waals surface area contributed by atoms with Gasteiger partial charge in [0.05, 0.1) is 86.1 Å². The van der Waals surface area contributed by atoms with Gasteiger partial charge in [-0.1, -0.05) is 18.6 Å². The summed E-state index contributed by atoms with van der Waals surface area (Å²) >= 11 is 0. The molecule has 24 nitrogen and oxygen atoms in total. The van der Waals surface area contributed by atoms with Crippen molar-refractivity contribution in [1.29, 1.82) is 0 Å². The number of ketones is 1. The summed E-state index contributed by atoms with van der Waals surface area (Å²) in [5, 5.41) is 64.2. The third-order valence-corrected chi connectivity index (χ3v) is 19.9. The molecule has 0 amide bonds. The molecule has 2 saturated carbocycles. The van der Waals surface area contributed by atoms with Crippen molar-refractivity contribution >= 4 is 5.78 Å². The van der Waals surface area contributed by atoms with Gasteiger partial charge in [-0.25, -0.2) is 0 Å². The lowest BCUT2D eigenvalue weighted by Crippen LogP contribution is -2.62. The number of furan rings is 1. The number of fused-ring (bicyclic) bond motifs is 3. The van der Waals surface area contributed by atoms with Crippen LogP contribution < -0.4 is 0 Å². The van der Waals surface area contributed by atoms with Crippen molar-refractivity contribution in [3.05, 3.63) is 35.3 Å². The van der Waals surface area contributed by atoms with E-state index in [1.807, 2.05) is 33.8 Å². The smallest absolute Gasteiger partial charge is 0.187 e. The molecule has 10 rings (SSSR count). The number of allylic oxidation sites excluding steroid dienone is 1. The van der Waals surface area contributed by atoms with Gasteiger partial charge in [0.2, 0.25) is 0 Å². The van der Waals surface area contributed by atoms with Gasteiger partial charge in [-0.3, -0.25) is 4.79 Å². The first-order chi connectivity index (χ1) is 40.2. The van der Waals surface area contributed by atoms with Gasteiger partial charge in [-0.2, -0.15) is 0 Å². The monoisotopic (exact) mass is 1200 g/mol. The Hall–Kier alpha value is -2.19. The number of Topliss-reactive ketones (excluding diaryl/α,β-unsaturated/α-hetero) is 1. The molecule has 6 aliphatic heterocycles. The zero-order valence-electron chi connectivity index (χ0n) is 50.4. The fourth-order valence-corrected chi connectivity index (χ4v) is 15.2. The number of rotatable bonds is 18. The number of ether oxygens (including phenoxy) is 16. The third kappa shape index (κ3) is 13.3. The van der Waals surface area contributed by atoms with Crippen LogP contribution in [0.5, 0.6) is 0 Å². The quantitative estimate of drug-likeness (QED) is 0.115. The van der Waals surface area contributed by atoms with E-state index in [1.54, 1.807) is 41.4 Å². The fraction of sp³-hybridized carbons (Fsp3) is 0.883. The Bertz CT molecular complexity index is 2310. The van der Waals surface area contributed by atoms with Crippen LogP contribution in [0.4, 0.5) is 0 Å². The summed E-state index contributed by atoms with van der Waals surface area (Å²) in [5.74, 6) is 0.997. The van der Waals surface area contributed by atoms with Crippen LogP contribution in [0.25, 0.3) is 0 Å². The van der Waals surface area contributed by atoms with E-state index in [4.69, 9.17) is 80.2 Å². The Morgan fingerprint density at radius 3 is 1.49 bits per heavy atom. The molecule has 1 aromatic heterocycles. The van der Waals surface area contributed by atoms with Gasteiger partial charge >= 0.3 is 0 Å². The van der Waals surface area contributed by atoms with Crippen LogP contribution in [0.2, 0.25) is 0 Å². The van der Waals surface area contributed by atoms with E-state index in [2.05, 4.69) is 13.0 Å². The second kappa shape index (κ2) is 27.5. The Morgan fingerprint density at radius 2 is 1.02 bits per heavy atom. The van der Waals surface area contributed by atoms with Crippen molar-refractivity contribution in [2.45, 2.75) is 285 Å². The number of carbonyl (C=O) groups is 1. The van der Waals surface area contributed by atoms with Crippen molar-refractivity contribution in [2.75, 3.05) is 35.0 Å². The first-order valence-electron chi connectivity index (χ1n) is 30.4. The van der Waals surface area contributed by atoms with Crippen molar-refractivity contribution < 1.29 is 116 Å². The van der Waals surface area contributed by atoms with Gasteiger partial charge < -0.3 is 111 Å². The molecule has 478 valence electrons. The average Bonchev–Trinajstić information content (AvgIpc) is 1.07. The van der Waals surface area contributed by atoms with Gasteiger partial charge in [0.1, 0.15) is 66.5 Å². The number of carbonyl (C=O) groups excluding carboxylic acids is 1. The Kier molecular flexibility index (Phi) is 21.2. The van der Waals surface area contributed by atoms with E-state index in [0.29, 0.717) is 32.1 Å². The van der Waals surface area contributed by atoms with Crippen LogP contribution in [0.1, 0.15) is 123 Å². The standard InChI is InChI=1S/C60H94O24/c1-26-33(16-17-72-26)34-14-15-36-35(50(34)64)13-12-32-18-39(38(63)24-60(32,36)7)78-46-20-40(68-8)56(28(3)74-46)82-48-22-42(70-10)55(29(4)76-48)81-45-19-37(62)54(27(2)73-45)80-47-21-41(69-9)57(30(5)75-47)83-49-23-43(71-11)58(31(6)77-49)84-59-53(67)52(66)51(65)44(25-61)79-59/h12,16-17,27-31,34-49,51-59,61-63,65-67H,13-15,18-25H2,1-11H3. The van der Waals surface area contributed by atoms with E-state index < -0.39 is 173 Å². The number of methoxy groups -OCH3 is 4. The summed E-state index contributed by atoms with van der Waals surface area (Å²) in [6.07, 6.45) is -12.7. The number of aryl methyl sites for hydroxylation is 1. The summed E-state index contributed by atoms with van der Waals surface area (Å²) in [4.78, 5) is 14.0. The lowest BCUT2D eigenvalue weighted by atomic mass is 9.51. The predicted octanol–water partition coefficient (Wildman–Crippen LogP) is 2.96. The maximum Gasteiger partial charge on any atom is 0.187 e. The Morgan fingerprint density at radius 1 is 0.560 bits per heavy atom. The molecule has 24 heteroatoms. The number of hydrogen-bond acceptors (Lipinski definition) is 24. The van der Waals surface area contributed by atoms with Crippen LogP contribution in [0.3, 0.4) is 0 Å². The molecule has 0 bridgehead atoms. The minimum atomic E-state index is -1.60. The van der Waals surface area contributed by atoms with Crippen molar-refractivity contribution in [3.63, 3.8) is 0 Å².